The van der Waals surface area contributed by atoms with Crippen LogP contribution in [0.5, 0.6) is 0 Å². The van der Waals surface area contributed by atoms with Crippen molar-refractivity contribution in [1.29, 1.82) is 0 Å². The minimum absolute atomic E-state index is 0.175. The van der Waals surface area contributed by atoms with Gasteiger partial charge in [-0.05, 0) is 43.9 Å². The Kier molecular flexibility index (Phi) is 3.43. The highest BCUT2D eigenvalue weighted by molar-refractivity contribution is 5.14. The van der Waals surface area contributed by atoms with Gasteiger partial charge in [-0.25, -0.2) is 0 Å². The highest BCUT2D eigenvalue weighted by Crippen LogP contribution is 2.59. The number of fused-ring (bicyclic) bond motifs is 2. The number of aliphatic hydroxyl groups is 1. The predicted molar refractivity (Wildman–Crippen MR) is 75.7 cm³/mol. The van der Waals surface area contributed by atoms with E-state index < -0.39 is 5.60 Å². The smallest absolute Gasteiger partial charge is 0.0772 e. The molecule has 2 saturated heterocycles. The Hall–Kier alpha value is -0.120. The number of ether oxygens (including phenoxy) is 1. The topological polar surface area (TPSA) is 55.5 Å². The van der Waals surface area contributed by atoms with Crippen molar-refractivity contribution in [3.8, 4) is 0 Å². The van der Waals surface area contributed by atoms with E-state index in [9.17, 15) is 5.11 Å². The third-order valence-electron chi connectivity index (χ3n) is 6.28. The molecular weight excluding hydrogens is 238 g/mol. The van der Waals surface area contributed by atoms with Crippen LogP contribution in [0.25, 0.3) is 0 Å². The van der Waals surface area contributed by atoms with Crippen LogP contribution in [0.15, 0.2) is 0 Å². The van der Waals surface area contributed by atoms with E-state index in [1.165, 1.54) is 6.42 Å². The maximum atomic E-state index is 11.6. The minimum Gasteiger partial charge on any atom is -0.389 e. The van der Waals surface area contributed by atoms with Gasteiger partial charge in [0.1, 0.15) is 0 Å². The van der Waals surface area contributed by atoms with Crippen LogP contribution in [0.4, 0.5) is 0 Å². The van der Waals surface area contributed by atoms with Crippen LogP contribution in [0, 0.1) is 17.3 Å². The summed E-state index contributed by atoms with van der Waals surface area (Å²) in [7, 11) is 0. The van der Waals surface area contributed by atoms with Gasteiger partial charge in [-0.15, -0.1) is 0 Å². The Morgan fingerprint density at radius 1 is 1.26 bits per heavy atom. The van der Waals surface area contributed by atoms with Gasteiger partial charge in [-0.2, -0.15) is 0 Å². The lowest BCUT2D eigenvalue weighted by Crippen LogP contribution is -2.63. The molecule has 3 fully saturated rings. The van der Waals surface area contributed by atoms with E-state index in [2.05, 4.69) is 13.8 Å². The van der Waals surface area contributed by atoms with Crippen LogP contribution in [0.3, 0.4) is 0 Å². The van der Waals surface area contributed by atoms with Crippen molar-refractivity contribution < 1.29 is 9.84 Å². The Balaban J connectivity index is 1.96. The quantitative estimate of drug-likeness (QED) is 0.826. The van der Waals surface area contributed by atoms with Crippen molar-refractivity contribution in [2.24, 2.45) is 23.0 Å². The molecule has 0 spiro atoms. The third kappa shape index (κ3) is 1.81. The SMILES string of the molecule is CC(C)C1CCCCC1(O)C1(CN)CC2CCC1O2. The van der Waals surface area contributed by atoms with E-state index in [-0.39, 0.29) is 11.5 Å². The molecule has 2 heterocycles. The number of nitrogens with two attached hydrogens (primary N) is 1. The van der Waals surface area contributed by atoms with Gasteiger partial charge >= 0.3 is 0 Å². The van der Waals surface area contributed by atoms with Crippen LogP contribution >= 0.6 is 0 Å². The lowest BCUT2D eigenvalue weighted by Gasteiger charge is -2.55. The Bertz CT molecular complexity index is 346. The van der Waals surface area contributed by atoms with Crippen LogP contribution < -0.4 is 5.73 Å². The van der Waals surface area contributed by atoms with Gasteiger partial charge in [-0.3, -0.25) is 0 Å². The lowest BCUT2D eigenvalue weighted by molar-refractivity contribution is -0.175. The number of hydrogen-bond acceptors (Lipinski definition) is 3. The molecule has 3 heteroatoms. The highest BCUT2D eigenvalue weighted by Gasteiger charge is 2.64. The molecule has 2 aliphatic heterocycles. The van der Waals surface area contributed by atoms with E-state index in [1.807, 2.05) is 0 Å². The predicted octanol–water partition coefficient (Wildman–Crippen LogP) is 2.46. The first kappa shape index (κ1) is 13.8. The zero-order valence-electron chi connectivity index (χ0n) is 12.4. The summed E-state index contributed by atoms with van der Waals surface area (Å²) >= 11 is 0. The molecule has 5 unspecified atom stereocenters. The van der Waals surface area contributed by atoms with Crippen LogP contribution in [0.1, 0.15) is 58.8 Å². The van der Waals surface area contributed by atoms with Crippen molar-refractivity contribution in [3.05, 3.63) is 0 Å². The van der Waals surface area contributed by atoms with Gasteiger partial charge in [0.05, 0.1) is 17.8 Å². The van der Waals surface area contributed by atoms with Gasteiger partial charge < -0.3 is 15.6 Å². The fraction of sp³-hybridized carbons (Fsp3) is 1.00. The molecule has 19 heavy (non-hydrogen) atoms. The molecular formula is C16H29NO2. The summed E-state index contributed by atoms with van der Waals surface area (Å²) in [5.74, 6) is 0.903. The summed E-state index contributed by atoms with van der Waals surface area (Å²) in [6, 6.07) is 0. The van der Waals surface area contributed by atoms with Crippen molar-refractivity contribution in [1.82, 2.24) is 0 Å². The molecule has 3 aliphatic rings. The average Bonchev–Trinajstić information content (AvgIpc) is 2.99. The lowest BCUT2D eigenvalue weighted by atomic mass is 9.53. The molecule has 5 atom stereocenters. The second kappa shape index (κ2) is 4.71. The van der Waals surface area contributed by atoms with E-state index in [1.54, 1.807) is 0 Å². The zero-order valence-corrected chi connectivity index (χ0v) is 12.4. The Morgan fingerprint density at radius 3 is 2.58 bits per heavy atom. The molecule has 1 saturated carbocycles. The van der Waals surface area contributed by atoms with Gasteiger partial charge in [0, 0.05) is 12.0 Å². The number of hydrogen-bond donors (Lipinski definition) is 2. The largest absolute Gasteiger partial charge is 0.389 e. The van der Waals surface area contributed by atoms with Crippen molar-refractivity contribution in [3.63, 3.8) is 0 Å². The molecule has 3 rings (SSSR count). The molecule has 3 N–H and O–H groups in total. The maximum absolute atomic E-state index is 11.6. The first-order valence-electron chi connectivity index (χ1n) is 8.11. The van der Waals surface area contributed by atoms with Gasteiger partial charge in [-0.1, -0.05) is 26.7 Å². The molecule has 0 amide bonds. The van der Waals surface area contributed by atoms with Gasteiger partial charge in [0.25, 0.3) is 0 Å². The summed E-state index contributed by atoms with van der Waals surface area (Å²) < 4.78 is 6.09. The van der Waals surface area contributed by atoms with Crippen molar-refractivity contribution in [2.75, 3.05) is 6.54 Å². The molecule has 110 valence electrons. The van der Waals surface area contributed by atoms with E-state index >= 15 is 0 Å². The third-order valence-corrected chi connectivity index (χ3v) is 6.28. The molecule has 0 aromatic carbocycles. The average molecular weight is 267 g/mol. The summed E-state index contributed by atoms with van der Waals surface area (Å²) in [5, 5.41) is 11.6. The molecule has 2 bridgehead atoms. The van der Waals surface area contributed by atoms with Crippen LogP contribution in [-0.2, 0) is 4.74 Å². The molecule has 3 nitrogen and oxygen atoms in total. The normalized spacial score (nSPS) is 50.1. The molecule has 0 aromatic heterocycles. The summed E-state index contributed by atoms with van der Waals surface area (Å²) in [6.45, 7) is 5.08. The summed E-state index contributed by atoms with van der Waals surface area (Å²) in [5.41, 5.74) is 5.42. The minimum atomic E-state index is -0.603. The van der Waals surface area contributed by atoms with Crippen molar-refractivity contribution >= 4 is 0 Å². The first-order valence-corrected chi connectivity index (χ1v) is 8.11. The standard InChI is InChI=1S/C16H29NO2/c1-11(2)13-5-3-4-8-16(13,18)15(10-17)9-12-6-7-14(15)19-12/h11-14,18H,3-10,17H2,1-2H3. The first-order chi connectivity index (χ1) is 9.03. The Morgan fingerprint density at radius 2 is 2.05 bits per heavy atom. The van der Waals surface area contributed by atoms with Crippen LogP contribution in [-0.4, -0.2) is 29.5 Å². The fourth-order valence-electron chi connectivity index (χ4n) is 5.33. The van der Waals surface area contributed by atoms with E-state index in [0.29, 0.717) is 24.5 Å². The summed E-state index contributed by atoms with van der Waals surface area (Å²) in [6.07, 6.45) is 8.24. The second-order valence-corrected chi connectivity index (χ2v) is 7.41. The second-order valence-electron chi connectivity index (χ2n) is 7.41. The summed E-state index contributed by atoms with van der Waals surface area (Å²) in [4.78, 5) is 0. The van der Waals surface area contributed by atoms with Gasteiger partial charge in [0.2, 0.25) is 0 Å². The number of rotatable bonds is 3. The molecule has 0 radical (unpaired) electrons. The Labute approximate surface area is 116 Å². The highest BCUT2D eigenvalue weighted by atomic mass is 16.5. The molecule has 1 aliphatic carbocycles. The maximum Gasteiger partial charge on any atom is 0.0772 e. The van der Waals surface area contributed by atoms with E-state index in [0.717, 1.165) is 38.5 Å². The molecule has 0 aromatic rings. The van der Waals surface area contributed by atoms with Crippen molar-refractivity contribution in [2.45, 2.75) is 76.6 Å². The monoisotopic (exact) mass is 267 g/mol. The van der Waals surface area contributed by atoms with Crippen LogP contribution in [0.2, 0.25) is 0 Å². The zero-order chi connectivity index (χ0) is 13.7. The van der Waals surface area contributed by atoms with E-state index in [4.69, 9.17) is 10.5 Å². The van der Waals surface area contributed by atoms with Gasteiger partial charge in [0.15, 0.2) is 0 Å². The fourth-order valence-corrected chi connectivity index (χ4v) is 5.33.